The molecule has 0 aromatic heterocycles. The Labute approximate surface area is 276 Å². The maximum Gasteiger partial charge on any atom is 0.0964 e. The molecule has 0 saturated carbocycles. The normalized spacial score (nSPS) is 12.5. The summed E-state index contributed by atoms with van der Waals surface area (Å²) in [5.74, 6) is 0. The highest BCUT2D eigenvalue weighted by atomic mass is 35.5. The predicted octanol–water partition coefficient (Wildman–Crippen LogP) is 9.85. The molecule has 0 radical (unpaired) electrons. The molecular weight excluding hydrogens is 591 g/mol. The van der Waals surface area contributed by atoms with Crippen LogP contribution in [0.25, 0.3) is 0 Å². The summed E-state index contributed by atoms with van der Waals surface area (Å²) < 4.78 is 0. The largest absolute Gasteiger partial charge is 0.298 e. The predicted molar refractivity (Wildman–Crippen MR) is 189 cm³/mol. The first-order chi connectivity index (χ1) is 22.1. The highest BCUT2D eigenvalue weighted by Crippen LogP contribution is 2.42. The van der Waals surface area contributed by atoms with Crippen molar-refractivity contribution in [3.8, 4) is 0 Å². The Morgan fingerprint density at radius 3 is 1.13 bits per heavy atom. The van der Waals surface area contributed by atoms with Crippen LogP contribution in [0.5, 0.6) is 0 Å². The summed E-state index contributed by atoms with van der Waals surface area (Å²) in [6, 6.07) is 58.5. The van der Waals surface area contributed by atoms with Crippen LogP contribution in [0.15, 0.2) is 170 Å². The van der Waals surface area contributed by atoms with Gasteiger partial charge in [-0.15, -0.1) is 0 Å². The van der Waals surface area contributed by atoms with Crippen LogP contribution in [-0.2, 0) is 11.1 Å². The van der Waals surface area contributed by atoms with Crippen LogP contribution in [-0.4, -0.2) is 12.6 Å². The minimum Gasteiger partial charge on any atom is -0.298 e. The number of halogens is 2. The second-order valence-electron chi connectivity index (χ2n) is 11.4. The van der Waals surface area contributed by atoms with Gasteiger partial charge in [0.1, 0.15) is 0 Å². The van der Waals surface area contributed by atoms with Crippen molar-refractivity contribution in [1.82, 2.24) is 10.6 Å². The van der Waals surface area contributed by atoms with Crippen molar-refractivity contribution < 1.29 is 0 Å². The van der Waals surface area contributed by atoms with Gasteiger partial charge < -0.3 is 0 Å². The van der Waals surface area contributed by atoms with Gasteiger partial charge in [-0.05, 0) is 52.4 Å². The smallest absolute Gasteiger partial charge is 0.0964 e. The van der Waals surface area contributed by atoms with Crippen LogP contribution < -0.4 is 10.6 Å². The van der Waals surface area contributed by atoms with Gasteiger partial charge in [0.15, 0.2) is 0 Å². The molecule has 2 N–H and O–H groups in total. The Balaban J connectivity index is 1.48. The molecule has 0 heterocycles. The topological polar surface area (TPSA) is 24.1 Å². The van der Waals surface area contributed by atoms with Gasteiger partial charge in [-0.2, -0.15) is 0 Å². The van der Waals surface area contributed by atoms with Crippen molar-refractivity contribution >= 4 is 23.2 Å². The average Bonchev–Trinajstić information content (AvgIpc) is 3.10. The van der Waals surface area contributed by atoms with E-state index in [2.05, 4.69) is 151 Å². The number of nitrogens with one attached hydrogen (secondary N) is 2. The molecular formula is C41H36Cl2N2. The Bertz CT molecular complexity index is 1730. The van der Waals surface area contributed by atoms with E-state index in [0.29, 0.717) is 16.6 Å². The van der Waals surface area contributed by atoms with E-state index in [-0.39, 0.29) is 6.04 Å². The standard InChI is InChI=1S/C41H36Cl2N2/c1-31(45-41(34-22-10-4-11-23-34,35-24-12-5-13-25-35)37-27-15-17-29-39(37)43)30-44-40(32-18-6-2-7-19-32,33-20-8-3-9-21-33)36-26-14-16-28-38(36)42/h2-29,31,44-45H,30H2,1H3. The summed E-state index contributed by atoms with van der Waals surface area (Å²) >= 11 is 14.0. The van der Waals surface area contributed by atoms with Gasteiger partial charge in [0, 0.05) is 22.6 Å². The van der Waals surface area contributed by atoms with Gasteiger partial charge in [0.05, 0.1) is 11.1 Å². The molecule has 0 aliphatic rings. The molecule has 0 aliphatic heterocycles. The van der Waals surface area contributed by atoms with E-state index in [9.17, 15) is 0 Å². The van der Waals surface area contributed by atoms with Gasteiger partial charge in [-0.25, -0.2) is 0 Å². The lowest BCUT2D eigenvalue weighted by atomic mass is 9.75. The second kappa shape index (κ2) is 13.9. The van der Waals surface area contributed by atoms with Gasteiger partial charge in [-0.3, -0.25) is 10.6 Å². The number of rotatable bonds is 11. The Kier molecular flexibility index (Phi) is 9.49. The highest BCUT2D eigenvalue weighted by Gasteiger charge is 2.41. The summed E-state index contributed by atoms with van der Waals surface area (Å²) in [5.41, 5.74) is 5.02. The molecule has 4 heteroatoms. The van der Waals surface area contributed by atoms with E-state index in [1.807, 2.05) is 36.4 Å². The summed E-state index contributed by atoms with van der Waals surface area (Å²) in [5, 5.41) is 9.53. The third-order valence-corrected chi connectivity index (χ3v) is 9.18. The van der Waals surface area contributed by atoms with Crippen LogP contribution in [0.3, 0.4) is 0 Å². The lowest BCUT2D eigenvalue weighted by Gasteiger charge is -2.42. The zero-order valence-electron chi connectivity index (χ0n) is 25.2. The van der Waals surface area contributed by atoms with Crippen LogP contribution in [0.2, 0.25) is 10.0 Å². The Morgan fingerprint density at radius 1 is 0.444 bits per heavy atom. The van der Waals surface area contributed by atoms with Crippen LogP contribution in [0.1, 0.15) is 40.3 Å². The van der Waals surface area contributed by atoms with Crippen molar-refractivity contribution in [3.63, 3.8) is 0 Å². The van der Waals surface area contributed by atoms with Crippen molar-refractivity contribution in [3.05, 3.63) is 213 Å². The monoisotopic (exact) mass is 626 g/mol. The summed E-state index contributed by atoms with van der Waals surface area (Å²) in [4.78, 5) is 0. The lowest BCUT2D eigenvalue weighted by molar-refractivity contribution is 0.362. The van der Waals surface area contributed by atoms with E-state index in [1.54, 1.807) is 0 Å². The third-order valence-electron chi connectivity index (χ3n) is 8.52. The maximum atomic E-state index is 7.03. The minimum atomic E-state index is -0.714. The quantitative estimate of drug-likeness (QED) is 0.140. The second-order valence-corrected chi connectivity index (χ2v) is 12.2. The van der Waals surface area contributed by atoms with E-state index in [0.717, 1.165) is 33.4 Å². The summed E-state index contributed by atoms with van der Waals surface area (Å²) in [7, 11) is 0. The molecule has 0 saturated heterocycles. The van der Waals surface area contributed by atoms with Crippen molar-refractivity contribution in [2.24, 2.45) is 0 Å². The van der Waals surface area contributed by atoms with Crippen LogP contribution in [0.4, 0.5) is 0 Å². The van der Waals surface area contributed by atoms with E-state index in [1.165, 1.54) is 0 Å². The minimum absolute atomic E-state index is 0.0315. The summed E-state index contributed by atoms with van der Waals surface area (Å²) in [6.07, 6.45) is 0. The van der Waals surface area contributed by atoms with E-state index >= 15 is 0 Å². The molecule has 0 spiro atoms. The molecule has 6 aromatic rings. The fourth-order valence-corrected chi connectivity index (χ4v) is 7.06. The number of hydrogen-bond acceptors (Lipinski definition) is 2. The van der Waals surface area contributed by atoms with Gasteiger partial charge in [0.2, 0.25) is 0 Å². The zero-order valence-corrected chi connectivity index (χ0v) is 26.7. The lowest BCUT2D eigenvalue weighted by Crippen LogP contribution is -2.55. The Hall–Kier alpha value is -4.18. The van der Waals surface area contributed by atoms with Gasteiger partial charge >= 0.3 is 0 Å². The molecule has 6 aromatic carbocycles. The average molecular weight is 628 g/mol. The van der Waals surface area contributed by atoms with E-state index < -0.39 is 11.1 Å². The molecule has 1 atom stereocenters. The highest BCUT2D eigenvalue weighted by molar-refractivity contribution is 6.32. The molecule has 0 amide bonds. The molecule has 1 unspecified atom stereocenters. The molecule has 0 aliphatic carbocycles. The zero-order chi connectivity index (χ0) is 31.1. The van der Waals surface area contributed by atoms with Crippen molar-refractivity contribution in [1.29, 1.82) is 0 Å². The van der Waals surface area contributed by atoms with Crippen molar-refractivity contribution in [2.45, 2.75) is 24.0 Å². The molecule has 0 fully saturated rings. The SMILES string of the molecule is CC(CNC(c1ccccc1)(c1ccccc1)c1ccccc1Cl)NC(c1ccccc1)(c1ccccc1)c1ccccc1Cl. The van der Waals surface area contributed by atoms with Crippen LogP contribution in [0, 0.1) is 0 Å². The first-order valence-electron chi connectivity index (χ1n) is 15.3. The van der Waals surface area contributed by atoms with Crippen LogP contribution >= 0.6 is 23.2 Å². The van der Waals surface area contributed by atoms with Gasteiger partial charge in [0.25, 0.3) is 0 Å². The van der Waals surface area contributed by atoms with Gasteiger partial charge in [-0.1, -0.05) is 181 Å². The number of hydrogen-bond donors (Lipinski definition) is 2. The first kappa shape index (κ1) is 30.8. The van der Waals surface area contributed by atoms with Crippen molar-refractivity contribution in [2.75, 3.05) is 6.54 Å². The fraction of sp³-hybridized carbons (Fsp3) is 0.122. The maximum absolute atomic E-state index is 7.03. The molecule has 2 nitrogen and oxygen atoms in total. The first-order valence-corrected chi connectivity index (χ1v) is 16.1. The third kappa shape index (κ3) is 6.08. The molecule has 0 bridgehead atoms. The molecule has 45 heavy (non-hydrogen) atoms. The van der Waals surface area contributed by atoms with E-state index in [4.69, 9.17) is 23.2 Å². The molecule has 6 rings (SSSR count). The Morgan fingerprint density at radius 2 is 0.756 bits per heavy atom. The molecule has 224 valence electrons. The number of benzene rings is 6. The fourth-order valence-electron chi connectivity index (χ4n) is 6.51. The summed E-state index contributed by atoms with van der Waals surface area (Å²) in [6.45, 7) is 2.83.